The Balaban J connectivity index is 3.50. The van der Waals surface area contributed by atoms with Crippen LogP contribution in [-0.2, 0) is 0 Å². The molecular weight excluding hydrogens is 114 g/mol. The zero-order valence-corrected chi connectivity index (χ0v) is 6.60. The Morgan fingerprint density at radius 2 is 1.78 bits per heavy atom. The van der Waals surface area contributed by atoms with Gasteiger partial charge in [0.1, 0.15) is 0 Å². The van der Waals surface area contributed by atoms with Gasteiger partial charge >= 0.3 is 0 Å². The zero-order valence-electron chi connectivity index (χ0n) is 6.60. The molecule has 0 aromatic carbocycles. The smallest absolute Gasteiger partial charge is 0.0933 e. The van der Waals surface area contributed by atoms with Gasteiger partial charge in [-0.2, -0.15) is 0 Å². The lowest BCUT2D eigenvalue weighted by Crippen LogP contribution is -2.33. The minimum absolute atomic E-state index is 0.601. The van der Waals surface area contributed by atoms with E-state index in [0.717, 1.165) is 6.67 Å². The molecule has 1 N–H and O–H groups in total. The molecule has 0 spiro atoms. The average Bonchev–Trinajstić information content (AvgIpc) is 1.63. The van der Waals surface area contributed by atoms with Crippen molar-refractivity contribution in [2.75, 3.05) is 27.8 Å². The predicted octanol–water partition coefficient (Wildman–Crippen LogP) is 0.434. The Kier molecular flexibility index (Phi) is 3.24. The minimum Gasteiger partial charge on any atom is -0.351 e. The Morgan fingerprint density at radius 3 is 1.89 bits per heavy atom. The number of nitrogens with one attached hydrogen (secondary N) is 1. The van der Waals surface area contributed by atoms with Gasteiger partial charge in [-0.25, -0.2) is 0 Å². The molecule has 0 saturated heterocycles. The Hall–Kier alpha value is -0.570. The van der Waals surface area contributed by atoms with E-state index in [-0.39, 0.29) is 0 Å². The maximum atomic E-state index is 7.19. The van der Waals surface area contributed by atoms with Gasteiger partial charge in [-0.05, 0) is 21.0 Å². The number of hydrogen-bond acceptors (Lipinski definition) is 2. The highest BCUT2D eigenvalue weighted by molar-refractivity contribution is 5.75. The van der Waals surface area contributed by atoms with E-state index in [1.807, 2.05) is 30.9 Å². The van der Waals surface area contributed by atoms with Gasteiger partial charge in [0.25, 0.3) is 0 Å². The van der Waals surface area contributed by atoms with Crippen LogP contribution >= 0.6 is 0 Å². The van der Waals surface area contributed by atoms with Gasteiger partial charge in [0, 0.05) is 7.05 Å². The lowest BCUT2D eigenvalue weighted by Gasteiger charge is -2.21. The molecule has 9 heavy (non-hydrogen) atoms. The largest absolute Gasteiger partial charge is 0.351 e. The zero-order chi connectivity index (χ0) is 7.44. The quantitative estimate of drug-likeness (QED) is 0.333. The van der Waals surface area contributed by atoms with Crippen molar-refractivity contribution in [3.8, 4) is 0 Å². The lowest BCUT2D eigenvalue weighted by atomic mass is 10.6. The van der Waals surface area contributed by atoms with Crippen LogP contribution in [0.2, 0.25) is 0 Å². The fraction of sp³-hybridized carbons (Fsp3) is 0.833. The van der Waals surface area contributed by atoms with Gasteiger partial charge in [0.2, 0.25) is 0 Å². The van der Waals surface area contributed by atoms with E-state index in [1.165, 1.54) is 0 Å². The average molecular weight is 129 g/mol. The summed E-state index contributed by atoms with van der Waals surface area (Å²) in [5, 5.41) is 7.19. The molecule has 0 amide bonds. The molecule has 0 bridgehead atoms. The molecular formula is C6H15N3. The van der Waals surface area contributed by atoms with Crippen molar-refractivity contribution in [1.82, 2.24) is 9.80 Å². The molecule has 0 saturated carbocycles. The Labute approximate surface area is 56.8 Å². The van der Waals surface area contributed by atoms with Crippen molar-refractivity contribution in [3.63, 3.8) is 0 Å². The van der Waals surface area contributed by atoms with Gasteiger partial charge < -0.3 is 4.90 Å². The van der Waals surface area contributed by atoms with Crippen molar-refractivity contribution in [1.29, 1.82) is 5.41 Å². The summed E-state index contributed by atoms with van der Waals surface area (Å²) in [4.78, 5) is 3.90. The number of rotatable bonds is 2. The second-order valence-electron chi connectivity index (χ2n) is 2.50. The summed E-state index contributed by atoms with van der Waals surface area (Å²) in [6.07, 6.45) is 0. The molecule has 0 aliphatic rings. The second kappa shape index (κ2) is 3.45. The lowest BCUT2D eigenvalue weighted by molar-refractivity contribution is 0.287. The standard InChI is InChI=1S/C6H15N3/c1-6(7)9(4)5-8(2)3/h7H,5H2,1-4H3. The first-order valence-electron chi connectivity index (χ1n) is 2.95. The van der Waals surface area contributed by atoms with Gasteiger partial charge in [0.15, 0.2) is 0 Å². The normalized spacial score (nSPS) is 9.89. The van der Waals surface area contributed by atoms with Gasteiger partial charge in [-0.1, -0.05) is 0 Å². The molecule has 0 heterocycles. The molecule has 0 fully saturated rings. The van der Waals surface area contributed by atoms with Crippen molar-refractivity contribution in [2.45, 2.75) is 6.92 Å². The summed E-state index contributed by atoms with van der Waals surface area (Å²) >= 11 is 0. The van der Waals surface area contributed by atoms with Crippen LogP contribution in [0.1, 0.15) is 6.92 Å². The third kappa shape index (κ3) is 3.97. The monoisotopic (exact) mass is 129 g/mol. The third-order valence-corrected chi connectivity index (χ3v) is 1.07. The summed E-state index contributed by atoms with van der Waals surface area (Å²) in [5.74, 6) is 0.601. The maximum absolute atomic E-state index is 7.19. The highest BCUT2D eigenvalue weighted by atomic mass is 15.3. The second-order valence-corrected chi connectivity index (χ2v) is 2.50. The van der Waals surface area contributed by atoms with Crippen molar-refractivity contribution < 1.29 is 0 Å². The van der Waals surface area contributed by atoms with Crippen LogP contribution in [-0.4, -0.2) is 43.4 Å². The summed E-state index contributed by atoms with van der Waals surface area (Å²) < 4.78 is 0. The molecule has 0 atom stereocenters. The van der Waals surface area contributed by atoms with Gasteiger partial charge in [-0.15, -0.1) is 0 Å². The first-order chi connectivity index (χ1) is 4.04. The van der Waals surface area contributed by atoms with Crippen molar-refractivity contribution >= 4 is 5.84 Å². The van der Waals surface area contributed by atoms with Gasteiger partial charge in [-0.3, -0.25) is 10.3 Å². The Bertz CT molecular complexity index is 98.5. The maximum Gasteiger partial charge on any atom is 0.0933 e. The first kappa shape index (κ1) is 8.43. The molecule has 0 radical (unpaired) electrons. The summed E-state index contributed by atoms with van der Waals surface area (Å²) in [7, 11) is 5.88. The van der Waals surface area contributed by atoms with Crippen LogP contribution in [0.3, 0.4) is 0 Å². The number of nitrogens with zero attached hydrogens (tertiary/aromatic N) is 2. The minimum atomic E-state index is 0.601. The van der Waals surface area contributed by atoms with E-state index < -0.39 is 0 Å². The molecule has 0 rings (SSSR count). The first-order valence-corrected chi connectivity index (χ1v) is 2.95. The third-order valence-electron chi connectivity index (χ3n) is 1.07. The highest BCUT2D eigenvalue weighted by Gasteiger charge is 1.97. The van der Waals surface area contributed by atoms with Crippen LogP contribution in [0.4, 0.5) is 0 Å². The van der Waals surface area contributed by atoms with Crippen LogP contribution in [0.5, 0.6) is 0 Å². The Morgan fingerprint density at radius 1 is 1.33 bits per heavy atom. The molecule has 0 aliphatic heterocycles. The van der Waals surface area contributed by atoms with Crippen LogP contribution in [0.15, 0.2) is 0 Å². The summed E-state index contributed by atoms with van der Waals surface area (Å²) in [6, 6.07) is 0. The molecule has 54 valence electrons. The summed E-state index contributed by atoms with van der Waals surface area (Å²) in [6.45, 7) is 2.60. The molecule has 0 aromatic rings. The SMILES string of the molecule is CC(=N)N(C)CN(C)C. The van der Waals surface area contributed by atoms with Crippen LogP contribution in [0.25, 0.3) is 0 Å². The van der Waals surface area contributed by atoms with E-state index in [2.05, 4.69) is 0 Å². The highest BCUT2D eigenvalue weighted by Crippen LogP contribution is 1.84. The predicted molar refractivity (Wildman–Crippen MR) is 39.7 cm³/mol. The van der Waals surface area contributed by atoms with E-state index in [9.17, 15) is 0 Å². The number of hydrogen-bond donors (Lipinski definition) is 1. The molecule has 3 heteroatoms. The van der Waals surface area contributed by atoms with Crippen molar-refractivity contribution in [3.05, 3.63) is 0 Å². The number of amidine groups is 1. The summed E-state index contributed by atoms with van der Waals surface area (Å²) in [5.41, 5.74) is 0. The molecule has 3 nitrogen and oxygen atoms in total. The van der Waals surface area contributed by atoms with E-state index in [0.29, 0.717) is 5.84 Å². The fourth-order valence-electron chi connectivity index (χ4n) is 0.530. The van der Waals surface area contributed by atoms with Gasteiger partial charge in [0.05, 0.1) is 12.5 Å². The fourth-order valence-corrected chi connectivity index (χ4v) is 0.530. The molecule has 0 unspecified atom stereocenters. The van der Waals surface area contributed by atoms with E-state index in [4.69, 9.17) is 5.41 Å². The molecule has 0 aliphatic carbocycles. The van der Waals surface area contributed by atoms with Crippen LogP contribution in [0, 0.1) is 5.41 Å². The van der Waals surface area contributed by atoms with E-state index in [1.54, 1.807) is 6.92 Å². The van der Waals surface area contributed by atoms with Crippen LogP contribution < -0.4 is 0 Å². The van der Waals surface area contributed by atoms with Crippen molar-refractivity contribution in [2.24, 2.45) is 0 Å². The topological polar surface area (TPSA) is 30.3 Å². The van der Waals surface area contributed by atoms with E-state index >= 15 is 0 Å². The molecule has 0 aromatic heterocycles.